The highest BCUT2D eigenvalue weighted by Crippen LogP contribution is 2.52. The van der Waals surface area contributed by atoms with Crippen LogP contribution in [-0.4, -0.2) is 35.4 Å². The maximum atomic E-state index is 13.7. The van der Waals surface area contributed by atoms with Gasteiger partial charge in [-0.2, -0.15) is 18.4 Å². The third-order valence-corrected chi connectivity index (χ3v) is 5.66. The summed E-state index contributed by atoms with van der Waals surface area (Å²) in [7, 11) is 0. The monoisotopic (exact) mass is 442 g/mol. The van der Waals surface area contributed by atoms with Crippen molar-refractivity contribution in [2.75, 3.05) is 6.61 Å². The largest absolute Gasteiger partial charge is 0.481 e. The number of nitriles is 1. The second kappa shape index (κ2) is 9.04. The molecule has 0 saturated carbocycles. The van der Waals surface area contributed by atoms with E-state index in [0.29, 0.717) is 6.07 Å². The molecule has 0 amide bonds. The van der Waals surface area contributed by atoms with Crippen LogP contribution in [0.1, 0.15) is 50.7 Å². The molecule has 1 N–H and O–H groups in total. The van der Waals surface area contributed by atoms with Gasteiger partial charge >= 0.3 is 18.1 Å². The fourth-order valence-corrected chi connectivity index (χ4v) is 4.10. The van der Waals surface area contributed by atoms with Crippen LogP contribution in [0.5, 0.6) is 0 Å². The highest BCUT2D eigenvalue weighted by molar-refractivity contribution is 5.92. The Morgan fingerprint density at radius 1 is 1.35 bits per heavy atom. The van der Waals surface area contributed by atoms with Crippen molar-refractivity contribution in [1.82, 2.24) is 0 Å². The van der Waals surface area contributed by atoms with Crippen LogP contribution >= 0.6 is 0 Å². The van der Waals surface area contributed by atoms with E-state index in [0.717, 1.165) is 12.1 Å². The number of benzene rings is 1. The molecule has 1 aliphatic rings. The zero-order valence-corrected chi connectivity index (χ0v) is 17.2. The molecule has 0 aliphatic carbocycles. The van der Waals surface area contributed by atoms with Crippen LogP contribution in [0.4, 0.5) is 17.6 Å². The van der Waals surface area contributed by atoms with Crippen LogP contribution in [0.2, 0.25) is 0 Å². The number of alkyl halides is 3. The maximum absolute atomic E-state index is 13.7. The van der Waals surface area contributed by atoms with Crippen LogP contribution in [0.3, 0.4) is 0 Å². The molecular formula is C21H22F4N2O4. The molecule has 0 fully saturated rings. The minimum Gasteiger partial charge on any atom is -0.481 e. The number of hydrogen-bond acceptors (Lipinski definition) is 5. The van der Waals surface area contributed by atoms with E-state index in [2.05, 4.69) is 4.99 Å². The number of carboxylic acid groups (broad SMARTS) is 1. The number of carbonyl (C=O) groups excluding carboxylic acids is 1. The number of carboxylic acids is 1. The minimum absolute atomic E-state index is 0.00715. The lowest BCUT2D eigenvalue weighted by molar-refractivity contribution is -0.153. The van der Waals surface area contributed by atoms with Gasteiger partial charge in [0.15, 0.2) is 0 Å². The first-order valence-corrected chi connectivity index (χ1v) is 9.51. The van der Waals surface area contributed by atoms with E-state index in [9.17, 15) is 37.5 Å². The van der Waals surface area contributed by atoms with Crippen molar-refractivity contribution in [2.24, 2.45) is 16.3 Å². The zero-order chi connectivity index (χ0) is 23.6. The Labute approximate surface area is 176 Å². The average molecular weight is 442 g/mol. The SMILES string of the molecule is CC(=O)OCCCC1N=C(C)C(C#N)C(c2ccc(F)cc2C(F)(F)F)C1(C)C(=O)O. The number of aliphatic carboxylic acids is 1. The number of halogens is 4. The summed E-state index contributed by atoms with van der Waals surface area (Å²) in [6, 6.07) is 2.92. The lowest BCUT2D eigenvalue weighted by Gasteiger charge is -2.45. The van der Waals surface area contributed by atoms with Crippen LogP contribution in [0.25, 0.3) is 0 Å². The summed E-state index contributed by atoms with van der Waals surface area (Å²) >= 11 is 0. The third kappa shape index (κ3) is 4.86. The number of aliphatic imine (C=N–C) groups is 1. The molecule has 0 bridgehead atoms. The number of ether oxygens (including phenoxy) is 1. The van der Waals surface area contributed by atoms with E-state index in [1.54, 1.807) is 0 Å². The molecule has 31 heavy (non-hydrogen) atoms. The first-order valence-electron chi connectivity index (χ1n) is 9.51. The summed E-state index contributed by atoms with van der Waals surface area (Å²) in [5, 5.41) is 19.8. The molecule has 1 aromatic carbocycles. The van der Waals surface area contributed by atoms with Crippen molar-refractivity contribution in [3.8, 4) is 6.07 Å². The average Bonchev–Trinajstić information content (AvgIpc) is 2.66. The van der Waals surface area contributed by atoms with E-state index < -0.39 is 58.4 Å². The van der Waals surface area contributed by atoms with Crippen molar-refractivity contribution < 1.29 is 37.0 Å². The van der Waals surface area contributed by atoms with Crippen molar-refractivity contribution >= 4 is 17.7 Å². The molecule has 0 radical (unpaired) electrons. The molecular weight excluding hydrogens is 420 g/mol. The summed E-state index contributed by atoms with van der Waals surface area (Å²) in [6.45, 7) is 3.91. The summed E-state index contributed by atoms with van der Waals surface area (Å²) in [6.07, 6.45) is -4.63. The van der Waals surface area contributed by atoms with Crippen molar-refractivity contribution in [3.05, 3.63) is 35.1 Å². The Hall–Kier alpha value is -2.96. The summed E-state index contributed by atoms with van der Waals surface area (Å²) in [4.78, 5) is 27.7. The highest BCUT2D eigenvalue weighted by atomic mass is 19.4. The molecule has 6 nitrogen and oxygen atoms in total. The van der Waals surface area contributed by atoms with Gasteiger partial charge in [0.1, 0.15) is 5.82 Å². The fourth-order valence-electron chi connectivity index (χ4n) is 4.10. The Bertz CT molecular complexity index is 938. The Morgan fingerprint density at radius 3 is 2.52 bits per heavy atom. The predicted octanol–water partition coefficient (Wildman–Crippen LogP) is 4.35. The lowest BCUT2D eigenvalue weighted by Crippen LogP contribution is -2.51. The molecule has 1 aromatic rings. The van der Waals surface area contributed by atoms with Gasteiger partial charge in [0, 0.05) is 18.6 Å². The zero-order valence-electron chi connectivity index (χ0n) is 17.2. The third-order valence-electron chi connectivity index (χ3n) is 5.66. The second-order valence-electron chi connectivity index (χ2n) is 7.67. The van der Waals surface area contributed by atoms with Crippen molar-refractivity contribution in [1.29, 1.82) is 5.26 Å². The molecule has 0 saturated heterocycles. The topological polar surface area (TPSA) is 99.8 Å². The first kappa shape index (κ1) is 24.3. The lowest BCUT2D eigenvalue weighted by atomic mass is 9.59. The molecule has 4 atom stereocenters. The number of esters is 1. The normalized spacial score (nSPS) is 26.0. The highest BCUT2D eigenvalue weighted by Gasteiger charge is 2.56. The molecule has 0 spiro atoms. The van der Waals surface area contributed by atoms with Gasteiger partial charge in [-0.1, -0.05) is 6.07 Å². The van der Waals surface area contributed by atoms with Gasteiger partial charge in [-0.05, 0) is 44.4 Å². The van der Waals surface area contributed by atoms with Gasteiger partial charge in [-0.15, -0.1) is 0 Å². The molecule has 0 aromatic heterocycles. The van der Waals surface area contributed by atoms with Crippen LogP contribution in [-0.2, 0) is 20.5 Å². The second-order valence-corrected chi connectivity index (χ2v) is 7.67. The number of nitrogens with zero attached hydrogens (tertiary/aromatic N) is 2. The van der Waals surface area contributed by atoms with E-state index >= 15 is 0 Å². The Balaban J connectivity index is 2.64. The van der Waals surface area contributed by atoms with Crippen LogP contribution in [0, 0.1) is 28.5 Å². The van der Waals surface area contributed by atoms with Crippen LogP contribution < -0.4 is 0 Å². The Kier molecular flexibility index (Phi) is 7.09. The molecule has 4 unspecified atom stereocenters. The van der Waals surface area contributed by atoms with E-state index in [4.69, 9.17) is 4.74 Å². The van der Waals surface area contributed by atoms with Gasteiger partial charge in [0.05, 0.1) is 35.6 Å². The number of hydrogen-bond donors (Lipinski definition) is 1. The summed E-state index contributed by atoms with van der Waals surface area (Å²) in [5.74, 6) is -5.75. The number of rotatable bonds is 6. The molecule has 1 aliphatic heterocycles. The van der Waals surface area contributed by atoms with E-state index in [1.807, 2.05) is 6.07 Å². The summed E-state index contributed by atoms with van der Waals surface area (Å²) < 4.78 is 59.6. The summed E-state index contributed by atoms with van der Waals surface area (Å²) in [5.41, 5.74) is -3.49. The van der Waals surface area contributed by atoms with Gasteiger partial charge in [-0.25, -0.2) is 4.39 Å². The molecule has 10 heteroatoms. The van der Waals surface area contributed by atoms with E-state index in [-0.39, 0.29) is 25.2 Å². The maximum Gasteiger partial charge on any atom is 0.416 e. The fraction of sp³-hybridized carbons (Fsp3) is 0.524. The van der Waals surface area contributed by atoms with Gasteiger partial charge < -0.3 is 9.84 Å². The quantitative estimate of drug-likeness (QED) is 0.401. The first-order chi connectivity index (χ1) is 14.3. The van der Waals surface area contributed by atoms with Gasteiger partial charge in [0.25, 0.3) is 0 Å². The van der Waals surface area contributed by atoms with Crippen molar-refractivity contribution in [3.63, 3.8) is 0 Å². The molecule has 168 valence electrons. The minimum atomic E-state index is -4.95. The smallest absolute Gasteiger partial charge is 0.416 e. The van der Waals surface area contributed by atoms with Crippen molar-refractivity contribution in [2.45, 2.75) is 51.7 Å². The van der Waals surface area contributed by atoms with Crippen LogP contribution in [0.15, 0.2) is 23.2 Å². The standard InChI is InChI=1S/C21H22F4N2O4/c1-11-15(10-26)18(14-7-6-13(22)9-16(14)21(23,24)25)20(3,19(29)30)17(27-11)5-4-8-31-12(2)28/h6-7,9,15,17-18H,4-5,8H2,1-3H3,(H,29,30). The van der Waals surface area contributed by atoms with E-state index in [1.165, 1.54) is 20.8 Å². The van der Waals surface area contributed by atoms with Gasteiger partial charge in [0.2, 0.25) is 0 Å². The predicted molar refractivity (Wildman–Crippen MR) is 102 cm³/mol. The Morgan fingerprint density at radius 2 is 2.00 bits per heavy atom. The molecule has 2 rings (SSSR count). The number of carbonyl (C=O) groups is 2. The molecule has 1 heterocycles. The van der Waals surface area contributed by atoms with Gasteiger partial charge in [-0.3, -0.25) is 14.6 Å².